The minimum Gasteiger partial charge on any atom is -0.504 e. The molecule has 3 saturated heterocycles. The molecule has 3 fully saturated rings. The molecule has 4 heterocycles. The van der Waals surface area contributed by atoms with E-state index >= 15 is 0 Å². The lowest BCUT2D eigenvalue weighted by molar-refractivity contribution is -0.433. The molecule has 0 aliphatic carbocycles. The smallest absolute Gasteiger partial charge is 0.261 e. The number of benzene rings is 3. The van der Waals surface area contributed by atoms with Crippen LogP contribution in [0.2, 0.25) is 0 Å². The van der Waals surface area contributed by atoms with Crippen molar-refractivity contribution in [1.29, 1.82) is 0 Å². The summed E-state index contributed by atoms with van der Waals surface area (Å²) in [6.07, 6.45) is -13.4. The molecule has 1 aromatic heterocycles. The summed E-state index contributed by atoms with van der Waals surface area (Å²) < 4.78 is 20.1. The Morgan fingerprint density at radius 1 is 0.778 bits per heavy atom. The number of amides is 8. The van der Waals surface area contributed by atoms with Crippen molar-refractivity contribution in [3.8, 4) is 38.4 Å². The Labute approximate surface area is 522 Å². The van der Waals surface area contributed by atoms with Crippen LogP contribution in [0.1, 0.15) is 74.4 Å². The standard InChI is InChI=1S/C56H72N10O22S2/c1-26-24-66-44(45(26)73)52(80)58-23-32(68)20-35(59-48(76)28-7-9-29(10-8-28)53-63-64-54(89-53)30-11-14-34(15-12-30)85-18-6-4-5-17-84-3)49(77)60-41(27(2)67)55(81)65-25-33(69)21-36(65)50(78)62-43(51(79)61-42(56(66)82)38(71)22-40(57)72)47(75)46(74)31-13-16-37(70)39(19-31)86-90-88-87-83/h7-16,19,26-27,32-33,35-36,38,41-47,67-71,73-75,83H,4-6,17-18,20-25H2,1-3H3,(H2,57,72)(H,58,80)(H,59,76)(H,60,77)(H,61,79)(H,62,78). The average molecular weight is 1300 g/mol. The fourth-order valence-corrected chi connectivity index (χ4v) is 11.4. The van der Waals surface area contributed by atoms with E-state index in [0.29, 0.717) is 34.5 Å². The Balaban J connectivity index is 1.18. The van der Waals surface area contributed by atoms with E-state index < -0.39 is 183 Å². The third-order valence-corrected chi connectivity index (χ3v) is 16.5. The van der Waals surface area contributed by atoms with Crippen molar-refractivity contribution in [2.75, 3.05) is 40.0 Å². The highest BCUT2D eigenvalue weighted by Crippen LogP contribution is 2.35. The van der Waals surface area contributed by atoms with Crippen molar-refractivity contribution in [3.05, 3.63) is 77.9 Å². The molecule has 3 aliphatic rings. The number of aromatic hydroxyl groups is 1. The molecule has 8 amide bonds. The Bertz CT molecular complexity index is 3150. The van der Waals surface area contributed by atoms with Crippen LogP contribution in [0.4, 0.5) is 0 Å². The average Bonchev–Trinajstić information content (AvgIpc) is 1.69. The fourth-order valence-electron chi connectivity index (χ4n) is 10.3. The van der Waals surface area contributed by atoms with Gasteiger partial charge < -0.3 is 96.6 Å². The molecule has 490 valence electrons. The van der Waals surface area contributed by atoms with E-state index in [4.69, 9.17) is 24.6 Å². The molecule has 4 aromatic rings. The van der Waals surface area contributed by atoms with Gasteiger partial charge in [0.05, 0.1) is 43.5 Å². The summed E-state index contributed by atoms with van der Waals surface area (Å²) >= 11 is 1.25. The molecule has 14 unspecified atom stereocenters. The van der Waals surface area contributed by atoms with Crippen LogP contribution < -0.4 is 41.2 Å². The van der Waals surface area contributed by atoms with Crippen molar-refractivity contribution >= 4 is 70.9 Å². The molecule has 34 heteroatoms. The van der Waals surface area contributed by atoms with Gasteiger partial charge in [0, 0.05) is 68.8 Å². The summed E-state index contributed by atoms with van der Waals surface area (Å²) in [5, 5.41) is 124. The van der Waals surface area contributed by atoms with E-state index in [9.17, 15) is 79.2 Å². The molecule has 7 rings (SSSR count). The number of primary amides is 1. The highest BCUT2D eigenvalue weighted by atomic mass is 32.2. The number of aliphatic hydroxyl groups excluding tert-OH is 7. The zero-order valence-corrected chi connectivity index (χ0v) is 50.4. The number of fused-ring (bicyclic) bond motifs is 2. The molecule has 0 radical (unpaired) electrons. The molecule has 16 N–H and O–H groups in total. The number of carbonyl (C=O) groups is 8. The number of rotatable bonds is 22. The van der Waals surface area contributed by atoms with Gasteiger partial charge in [-0.2, -0.15) is 0 Å². The number of ether oxygens (including phenoxy) is 2. The van der Waals surface area contributed by atoms with Crippen LogP contribution in [0.3, 0.4) is 0 Å². The normalized spacial score (nSPS) is 25.3. The number of β-amino-alcohol motifs (C(OH)–C–C–N with tert-alkyl or cyclic N) is 1. The monoisotopic (exact) mass is 1300 g/mol. The maximum absolute atomic E-state index is 14.7. The van der Waals surface area contributed by atoms with Crippen LogP contribution >= 0.6 is 23.7 Å². The molecule has 0 saturated carbocycles. The summed E-state index contributed by atoms with van der Waals surface area (Å²) in [6.45, 7) is 1.91. The molecule has 3 aromatic carbocycles. The Morgan fingerprint density at radius 2 is 1.41 bits per heavy atom. The fraction of sp³-hybridized carbons (Fsp3) is 0.500. The number of carbonyl (C=O) groups excluding carboxylic acids is 8. The third kappa shape index (κ3) is 17.8. The predicted octanol–water partition coefficient (Wildman–Crippen LogP) is -2.55. The summed E-state index contributed by atoms with van der Waals surface area (Å²) in [5.74, 6) is -11.3. The van der Waals surface area contributed by atoms with Gasteiger partial charge in [-0.15, -0.1) is 10.2 Å². The number of nitrogens with zero attached hydrogens (tertiary/aromatic N) is 4. The lowest BCUT2D eigenvalue weighted by Gasteiger charge is -2.34. The van der Waals surface area contributed by atoms with Gasteiger partial charge in [-0.25, -0.2) is 5.26 Å². The van der Waals surface area contributed by atoms with E-state index in [1.807, 2.05) is 24.3 Å². The first-order valence-electron chi connectivity index (χ1n) is 28.4. The highest BCUT2D eigenvalue weighted by Gasteiger charge is 2.50. The van der Waals surface area contributed by atoms with Crippen molar-refractivity contribution in [2.24, 2.45) is 11.7 Å². The maximum Gasteiger partial charge on any atom is 0.261 e. The third-order valence-electron chi connectivity index (χ3n) is 15.1. The molecule has 0 bridgehead atoms. The minimum atomic E-state index is -2.53. The Hall–Kier alpha value is -7.71. The van der Waals surface area contributed by atoms with Gasteiger partial charge in [0.2, 0.25) is 41.4 Å². The number of phenols is 1. The molecule has 32 nitrogen and oxygen atoms in total. The summed E-state index contributed by atoms with van der Waals surface area (Å²) in [7, 11) is 1.66. The summed E-state index contributed by atoms with van der Waals surface area (Å²) in [5.41, 5.74) is 6.36. The number of phenolic OH excluding ortho intramolecular Hbond substituents is 1. The van der Waals surface area contributed by atoms with Crippen molar-refractivity contribution in [1.82, 2.24) is 46.6 Å². The summed E-state index contributed by atoms with van der Waals surface area (Å²) in [4.78, 5) is 115. The maximum atomic E-state index is 14.7. The molecular formula is C56H72N10O22S2. The van der Waals surface area contributed by atoms with Crippen LogP contribution in [0.5, 0.6) is 17.2 Å². The first-order chi connectivity index (χ1) is 42.9. The SMILES string of the molecule is COCCCCCOc1ccc(-c2nnc(-c3ccc(C(=O)NC4CC(O)CNC(=O)C5C(O)C(C)CN5C(=O)C(C(O)CC(N)=O)NC(=O)C(C(O)C(O)c5ccc(O)c(OSOOO)c5)NC(=O)C5CC(O)CN5C(=O)C(C(C)O)NC4=O)cc3)s2)cc1. The van der Waals surface area contributed by atoms with Crippen molar-refractivity contribution in [3.63, 3.8) is 0 Å². The van der Waals surface area contributed by atoms with Crippen LogP contribution in [-0.2, 0) is 47.7 Å². The van der Waals surface area contributed by atoms with Gasteiger partial charge in [-0.05, 0) is 80.3 Å². The second kappa shape index (κ2) is 32.3. The van der Waals surface area contributed by atoms with Gasteiger partial charge in [0.15, 0.2) is 11.5 Å². The van der Waals surface area contributed by atoms with E-state index in [-0.39, 0.29) is 23.5 Å². The van der Waals surface area contributed by atoms with Crippen LogP contribution in [0.15, 0.2) is 66.7 Å². The number of unbranched alkanes of at least 4 members (excludes halogenated alkanes) is 2. The topological polar surface area (TPSA) is 483 Å². The molecule has 14 atom stereocenters. The van der Waals surface area contributed by atoms with Gasteiger partial charge in [-0.3, -0.25) is 38.4 Å². The lowest BCUT2D eigenvalue weighted by atomic mass is 9.96. The molecular weight excluding hydrogens is 1230 g/mol. The van der Waals surface area contributed by atoms with Crippen LogP contribution in [0, 0.1) is 5.92 Å². The van der Waals surface area contributed by atoms with E-state index in [1.165, 1.54) is 30.4 Å². The minimum absolute atomic E-state index is 0.0168. The van der Waals surface area contributed by atoms with Gasteiger partial charge in [0.25, 0.3) is 18.2 Å². The number of hydrogen-bond donors (Lipinski definition) is 15. The Kier molecular flexibility index (Phi) is 25.1. The van der Waals surface area contributed by atoms with Gasteiger partial charge in [0.1, 0.15) is 64.2 Å². The highest BCUT2D eigenvalue weighted by molar-refractivity contribution is 7.90. The van der Waals surface area contributed by atoms with Crippen molar-refractivity contribution in [2.45, 2.75) is 131 Å². The number of nitrogens with two attached hydrogens (primary N) is 1. The zero-order chi connectivity index (χ0) is 65.5. The predicted molar refractivity (Wildman–Crippen MR) is 313 cm³/mol. The molecule has 0 spiro atoms. The van der Waals surface area contributed by atoms with Crippen LogP contribution in [-0.4, -0.2) is 226 Å². The molecule has 90 heavy (non-hydrogen) atoms. The lowest BCUT2D eigenvalue weighted by Crippen LogP contribution is -2.64. The second-order valence-electron chi connectivity index (χ2n) is 21.8. The second-order valence-corrected chi connectivity index (χ2v) is 23.2. The first kappa shape index (κ1) is 69.8. The number of hydrogen-bond acceptors (Lipinski definition) is 26. The largest absolute Gasteiger partial charge is 0.504 e. The van der Waals surface area contributed by atoms with Gasteiger partial charge in [-0.1, -0.05) is 45.8 Å². The van der Waals surface area contributed by atoms with Crippen LogP contribution in [0.25, 0.3) is 21.1 Å². The zero-order valence-electron chi connectivity index (χ0n) is 48.7. The number of nitrogens with one attached hydrogen (secondary N) is 5. The summed E-state index contributed by atoms with van der Waals surface area (Å²) in [6, 6.07) is 3.95. The van der Waals surface area contributed by atoms with Gasteiger partial charge >= 0.3 is 0 Å². The first-order valence-corrected chi connectivity index (χ1v) is 29.8. The Morgan fingerprint density at radius 3 is 2.06 bits per heavy atom. The number of aromatic nitrogens is 2. The number of aliphatic hydroxyl groups is 7. The quantitative estimate of drug-likeness (QED) is 0.0167. The van der Waals surface area contributed by atoms with E-state index in [2.05, 4.69) is 46.2 Å². The number of methoxy groups -OCH3 is 1. The van der Waals surface area contributed by atoms with E-state index in [0.717, 1.165) is 59.7 Å². The molecule has 3 aliphatic heterocycles. The van der Waals surface area contributed by atoms with E-state index in [1.54, 1.807) is 19.2 Å². The van der Waals surface area contributed by atoms with Crippen molar-refractivity contribution < 1.29 is 107 Å².